The van der Waals surface area contributed by atoms with E-state index in [0.29, 0.717) is 10.4 Å². The number of hydrogen-bond donors (Lipinski definition) is 2. The van der Waals surface area contributed by atoms with E-state index in [2.05, 4.69) is 26.6 Å². The van der Waals surface area contributed by atoms with E-state index in [4.69, 9.17) is 4.42 Å². The predicted molar refractivity (Wildman–Crippen MR) is 62.4 cm³/mol. The quantitative estimate of drug-likeness (QED) is 0.870. The van der Waals surface area contributed by atoms with Crippen molar-refractivity contribution in [2.24, 2.45) is 0 Å². The van der Waals surface area contributed by atoms with Crippen molar-refractivity contribution < 1.29 is 9.21 Å². The first-order chi connectivity index (χ1) is 6.75. The summed E-state index contributed by atoms with van der Waals surface area (Å²) in [6, 6.07) is 3.59. The molecule has 1 saturated heterocycles. The summed E-state index contributed by atoms with van der Waals surface area (Å²) in [5.74, 6) is 0.202. The van der Waals surface area contributed by atoms with Gasteiger partial charge in [0.15, 0.2) is 10.4 Å². The maximum Gasteiger partial charge on any atom is 0.287 e. The monoisotopic (exact) mass is 294 g/mol. The second-order valence-corrected chi connectivity index (χ2v) is 4.05. The summed E-state index contributed by atoms with van der Waals surface area (Å²) in [4.78, 5) is 11.6. The Morgan fingerprint density at radius 2 is 2.40 bits per heavy atom. The van der Waals surface area contributed by atoms with Crippen LogP contribution >= 0.6 is 28.3 Å². The van der Waals surface area contributed by atoms with Crippen LogP contribution in [0.15, 0.2) is 21.2 Å². The lowest BCUT2D eigenvalue weighted by Crippen LogP contribution is -2.35. The van der Waals surface area contributed by atoms with Gasteiger partial charge in [0.25, 0.3) is 5.91 Å². The first kappa shape index (κ1) is 12.5. The van der Waals surface area contributed by atoms with Crippen LogP contribution < -0.4 is 10.6 Å². The van der Waals surface area contributed by atoms with Gasteiger partial charge in [0.2, 0.25) is 0 Å². The fourth-order valence-electron chi connectivity index (χ4n) is 1.47. The van der Waals surface area contributed by atoms with Gasteiger partial charge in [-0.25, -0.2) is 0 Å². The zero-order chi connectivity index (χ0) is 9.97. The number of halogens is 2. The number of nitrogens with one attached hydrogen (secondary N) is 2. The molecule has 0 spiro atoms. The SMILES string of the molecule is Cl.O=C(NC1CCNC1)c1ccc(Br)o1. The second kappa shape index (κ2) is 5.53. The third-order valence-corrected chi connectivity index (χ3v) is 2.62. The average Bonchev–Trinajstić information content (AvgIpc) is 2.75. The van der Waals surface area contributed by atoms with Crippen LogP contribution in [0.5, 0.6) is 0 Å². The van der Waals surface area contributed by atoms with Gasteiger partial charge in [-0.1, -0.05) is 0 Å². The van der Waals surface area contributed by atoms with E-state index in [1.165, 1.54) is 0 Å². The first-order valence-corrected chi connectivity index (χ1v) is 5.32. The van der Waals surface area contributed by atoms with E-state index in [1.54, 1.807) is 12.1 Å². The van der Waals surface area contributed by atoms with E-state index in [9.17, 15) is 4.79 Å². The van der Waals surface area contributed by atoms with Crippen molar-refractivity contribution in [3.05, 3.63) is 22.6 Å². The molecule has 15 heavy (non-hydrogen) atoms. The lowest BCUT2D eigenvalue weighted by molar-refractivity contribution is 0.0911. The Hall–Kier alpha value is -0.520. The summed E-state index contributed by atoms with van der Waals surface area (Å²) in [6.07, 6.45) is 0.980. The molecule has 2 N–H and O–H groups in total. The molecule has 6 heteroatoms. The molecular formula is C9H12BrClN2O2. The van der Waals surface area contributed by atoms with Crippen molar-refractivity contribution in [2.45, 2.75) is 12.5 Å². The lowest BCUT2D eigenvalue weighted by atomic mass is 10.2. The topological polar surface area (TPSA) is 54.3 Å². The molecule has 1 aliphatic rings. The molecule has 1 unspecified atom stereocenters. The number of furan rings is 1. The summed E-state index contributed by atoms with van der Waals surface area (Å²) in [6.45, 7) is 1.81. The van der Waals surface area contributed by atoms with Gasteiger partial charge >= 0.3 is 0 Å². The van der Waals surface area contributed by atoms with Gasteiger partial charge in [0.1, 0.15) is 0 Å². The van der Waals surface area contributed by atoms with Crippen molar-refractivity contribution in [2.75, 3.05) is 13.1 Å². The van der Waals surface area contributed by atoms with Crippen molar-refractivity contribution in [1.29, 1.82) is 0 Å². The van der Waals surface area contributed by atoms with Crippen LogP contribution in [0, 0.1) is 0 Å². The molecule has 84 valence electrons. The fraction of sp³-hybridized carbons (Fsp3) is 0.444. The summed E-state index contributed by atoms with van der Waals surface area (Å²) >= 11 is 3.15. The highest BCUT2D eigenvalue weighted by atomic mass is 79.9. The maximum atomic E-state index is 11.6. The Balaban J connectivity index is 0.00000112. The number of carbonyl (C=O) groups excluding carboxylic acids is 1. The minimum atomic E-state index is -0.149. The largest absolute Gasteiger partial charge is 0.444 e. The van der Waals surface area contributed by atoms with E-state index in [1.807, 2.05) is 0 Å². The maximum absolute atomic E-state index is 11.6. The van der Waals surface area contributed by atoms with Gasteiger partial charge in [0, 0.05) is 12.6 Å². The molecule has 1 fully saturated rings. The molecule has 1 aromatic rings. The van der Waals surface area contributed by atoms with Crippen molar-refractivity contribution in [1.82, 2.24) is 10.6 Å². The van der Waals surface area contributed by atoms with Crippen molar-refractivity contribution in [3.8, 4) is 0 Å². The molecule has 0 aliphatic carbocycles. The van der Waals surface area contributed by atoms with Gasteiger partial charge in [-0.3, -0.25) is 4.79 Å². The van der Waals surface area contributed by atoms with Crippen molar-refractivity contribution >= 4 is 34.2 Å². The Morgan fingerprint density at radius 1 is 1.60 bits per heavy atom. The Morgan fingerprint density at radius 3 is 2.93 bits per heavy atom. The van der Waals surface area contributed by atoms with Crippen LogP contribution in [0.25, 0.3) is 0 Å². The molecular weight excluding hydrogens is 283 g/mol. The van der Waals surface area contributed by atoms with Crippen LogP contribution in [0.3, 0.4) is 0 Å². The summed E-state index contributed by atoms with van der Waals surface area (Å²) < 4.78 is 5.72. The van der Waals surface area contributed by atoms with Crippen LogP contribution in [0.4, 0.5) is 0 Å². The number of carbonyl (C=O) groups is 1. The molecule has 2 heterocycles. The molecule has 1 aromatic heterocycles. The lowest BCUT2D eigenvalue weighted by Gasteiger charge is -2.08. The summed E-state index contributed by atoms with van der Waals surface area (Å²) in [7, 11) is 0. The molecule has 1 amide bonds. The fourth-order valence-corrected chi connectivity index (χ4v) is 1.78. The van der Waals surface area contributed by atoms with Gasteiger partial charge in [-0.2, -0.15) is 0 Å². The van der Waals surface area contributed by atoms with Crippen LogP contribution in [-0.2, 0) is 0 Å². The molecule has 0 bridgehead atoms. The number of rotatable bonds is 2. The second-order valence-electron chi connectivity index (χ2n) is 3.27. The van der Waals surface area contributed by atoms with E-state index in [-0.39, 0.29) is 24.4 Å². The minimum Gasteiger partial charge on any atom is -0.444 e. The minimum absolute atomic E-state index is 0. The zero-order valence-electron chi connectivity index (χ0n) is 7.96. The Bertz CT molecular complexity index is 337. The van der Waals surface area contributed by atoms with Gasteiger partial charge in [-0.05, 0) is 41.0 Å². The molecule has 0 radical (unpaired) electrons. The van der Waals surface area contributed by atoms with E-state index >= 15 is 0 Å². The molecule has 0 saturated carbocycles. The van der Waals surface area contributed by atoms with Gasteiger partial charge in [-0.15, -0.1) is 12.4 Å². The van der Waals surface area contributed by atoms with Crippen molar-refractivity contribution in [3.63, 3.8) is 0 Å². The highest BCUT2D eigenvalue weighted by molar-refractivity contribution is 9.10. The normalized spacial score (nSPS) is 19.7. The number of hydrogen-bond acceptors (Lipinski definition) is 3. The molecule has 4 nitrogen and oxygen atoms in total. The Kier molecular flexibility index (Phi) is 4.63. The molecule has 0 aromatic carbocycles. The van der Waals surface area contributed by atoms with Crippen LogP contribution in [-0.4, -0.2) is 25.0 Å². The molecule has 2 rings (SSSR count). The first-order valence-electron chi connectivity index (χ1n) is 4.52. The Labute approximate surface area is 102 Å². The standard InChI is InChI=1S/C9H11BrN2O2.ClH/c10-8-2-1-7(14-8)9(13)12-6-3-4-11-5-6;/h1-2,6,11H,3-5H2,(H,12,13);1H. The van der Waals surface area contributed by atoms with Gasteiger partial charge < -0.3 is 15.1 Å². The average molecular weight is 296 g/mol. The molecule has 1 aliphatic heterocycles. The highest BCUT2D eigenvalue weighted by Gasteiger charge is 2.19. The molecule has 1 atom stereocenters. The van der Waals surface area contributed by atoms with Crippen LogP contribution in [0.1, 0.15) is 17.0 Å². The third kappa shape index (κ3) is 3.22. The summed E-state index contributed by atoms with van der Waals surface area (Å²) in [5.41, 5.74) is 0. The van der Waals surface area contributed by atoms with E-state index < -0.39 is 0 Å². The predicted octanol–water partition coefficient (Wildman–Crippen LogP) is 1.56. The third-order valence-electron chi connectivity index (χ3n) is 2.19. The van der Waals surface area contributed by atoms with Crippen LogP contribution in [0.2, 0.25) is 0 Å². The van der Waals surface area contributed by atoms with Gasteiger partial charge in [0.05, 0.1) is 0 Å². The smallest absolute Gasteiger partial charge is 0.287 e. The number of amides is 1. The van der Waals surface area contributed by atoms with E-state index in [0.717, 1.165) is 19.5 Å². The summed E-state index contributed by atoms with van der Waals surface area (Å²) in [5, 5.41) is 6.07. The zero-order valence-corrected chi connectivity index (χ0v) is 10.4. The highest BCUT2D eigenvalue weighted by Crippen LogP contribution is 2.14.